The zero-order valence-electron chi connectivity index (χ0n) is 12.1. The summed E-state index contributed by atoms with van der Waals surface area (Å²) in [7, 11) is 4.18. The van der Waals surface area contributed by atoms with E-state index < -0.39 is 0 Å². The molecule has 1 nitrogen and oxygen atoms in total. The van der Waals surface area contributed by atoms with E-state index in [0.29, 0.717) is 16.4 Å². The Balaban J connectivity index is 1.98. The molecular formula is C16H29N. The van der Waals surface area contributed by atoms with Crippen molar-refractivity contribution in [2.24, 2.45) is 28.6 Å². The van der Waals surface area contributed by atoms with Gasteiger partial charge in [0.25, 0.3) is 0 Å². The van der Waals surface area contributed by atoms with E-state index in [1.165, 1.54) is 32.1 Å². The van der Waals surface area contributed by atoms with Crippen molar-refractivity contribution in [2.75, 3.05) is 0 Å². The first-order valence-corrected chi connectivity index (χ1v) is 7.49. The maximum atomic E-state index is 4.18. The fraction of sp³-hybridized carbons (Fsp3) is 0.938. The fourth-order valence-corrected chi connectivity index (χ4v) is 5.82. The van der Waals surface area contributed by atoms with Gasteiger partial charge in [-0.15, -0.1) is 0 Å². The molecule has 1 heteroatoms. The highest BCUT2D eigenvalue weighted by Crippen LogP contribution is 2.73. The minimum Gasteiger partial charge on any atom is -0.474 e. The summed E-state index contributed by atoms with van der Waals surface area (Å²) in [5, 5.41) is 2.30. The first kappa shape index (κ1) is 12.0. The Hall–Kier alpha value is -0.0400. The molecule has 0 saturated heterocycles. The van der Waals surface area contributed by atoms with Gasteiger partial charge in [0, 0.05) is 12.3 Å². The summed E-state index contributed by atoms with van der Waals surface area (Å²) >= 11 is 0. The van der Waals surface area contributed by atoms with Crippen LogP contribution in [0.1, 0.15) is 59.8 Å². The summed E-state index contributed by atoms with van der Waals surface area (Å²) in [5.74, 6) is 2.89. The summed E-state index contributed by atoms with van der Waals surface area (Å²) in [4.78, 5) is 0. The van der Waals surface area contributed by atoms with Crippen LogP contribution < -0.4 is 5.32 Å². The first-order valence-electron chi connectivity index (χ1n) is 7.49. The highest BCUT2D eigenvalue weighted by molar-refractivity contribution is 5.18. The molecule has 2 N–H and O–H groups in total. The molecule has 3 rings (SSSR count). The number of rotatable bonds is 1. The lowest BCUT2D eigenvalue weighted by Gasteiger charge is -2.54. The van der Waals surface area contributed by atoms with Gasteiger partial charge in [0.05, 0.1) is 5.54 Å². The third-order valence-corrected chi connectivity index (χ3v) is 6.92. The Labute approximate surface area is 107 Å². The Morgan fingerprint density at radius 3 is 2.41 bits per heavy atom. The Bertz CT molecular complexity index is 324. The summed E-state index contributed by atoms with van der Waals surface area (Å²) in [5.41, 5.74) is 1.63. The standard InChI is InChI=1S/C16H29N/c1-14(2)11-7-10-15(3)8-6-9-16(4,17-5)13(15)12(11)14/h11-13H,5-10,17H2,1-4H3/t11-,12-,13+,15+,16+/m0/s1. The van der Waals surface area contributed by atoms with E-state index in [0.717, 1.165) is 17.8 Å². The van der Waals surface area contributed by atoms with Crippen molar-refractivity contribution >= 4 is 0 Å². The number of nitrogens with two attached hydrogens (primary N) is 1. The van der Waals surface area contributed by atoms with Gasteiger partial charge < -0.3 is 5.32 Å². The van der Waals surface area contributed by atoms with Crippen LogP contribution in [0, 0.1) is 35.6 Å². The molecule has 0 aromatic heterocycles. The second kappa shape index (κ2) is 3.29. The lowest BCUT2D eigenvalue weighted by molar-refractivity contribution is -0.689. The molecule has 0 spiro atoms. The maximum absolute atomic E-state index is 4.18. The Kier molecular flexibility index (Phi) is 2.32. The molecule has 0 bridgehead atoms. The number of hydrogen-bond acceptors (Lipinski definition) is 0. The van der Waals surface area contributed by atoms with Crippen LogP contribution in [0.25, 0.3) is 0 Å². The fourth-order valence-electron chi connectivity index (χ4n) is 5.82. The largest absolute Gasteiger partial charge is 0.474 e. The van der Waals surface area contributed by atoms with Crippen LogP contribution in [-0.4, -0.2) is 5.54 Å². The number of hydrogen-bond donors (Lipinski definition) is 1. The van der Waals surface area contributed by atoms with Crippen molar-refractivity contribution in [3.8, 4) is 0 Å². The highest BCUT2D eigenvalue weighted by Gasteiger charge is 2.70. The smallest absolute Gasteiger partial charge is 0.0731 e. The SMILES string of the molecule is [CH2-][NH2+][C@]1(C)CCC[C@]2(C)CC[C@H]3[C@@H]([C@H]21)C3(C)C. The van der Waals surface area contributed by atoms with Gasteiger partial charge in [0.15, 0.2) is 0 Å². The van der Waals surface area contributed by atoms with E-state index in [9.17, 15) is 0 Å². The Morgan fingerprint density at radius 1 is 1.06 bits per heavy atom. The van der Waals surface area contributed by atoms with E-state index >= 15 is 0 Å². The molecule has 5 atom stereocenters. The van der Waals surface area contributed by atoms with Crippen LogP contribution in [-0.2, 0) is 0 Å². The topological polar surface area (TPSA) is 16.6 Å². The van der Waals surface area contributed by atoms with Crippen LogP contribution in [0.3, 0.4) is 0 Å². The zero-order chi connectivity index (χ0) is 12.5. The van der Waals surface area contributed by atoms with E-state index in [4.69, 9.17) is 0 Å². The maximum Gasteiger partial charge on any atom is 0.0731 e. The molecular weight excluding hydrogens is 206 g/mol. The van der Waals surface area contributed by atoms with Crippen molar-refractivity contribution in [3.63, 3.8) is 0 Å². The van der Waals surface area contributed by atoms with Gasteiger partial charge in [-0.2, -0.15) is 7.05 Å². The van der Waals surface area contributed by atoms with Crippen LogP contribution in [0.5, 0.6) is 0 Å². The van der Waals surface area contributed by atoms with Crippen molar-refractivity contribution in [1.82, 2.24) is 0 Å². The molecule has 3 aliphatic carbocycles. The minimum absolute atomic E-state index is 0.407. The molecule has 3 aliphatic rings. The Morgan fingerprint density at radius 2 is 1.76 bits per heavy atom. The molecule has 0 aromatic rings. The predicted molar refractivity (Wildman–Crippen MR) is 71.1 cm³/mol. The normalized spacial score (nSPS) is 55.9. The van der Waals surface area contributed by atoms with E-state index in [1.807, 2.05) is 0 Å². The number of quaternary nitrogens is 1. The summed E-state index contributed by atoms with van der Waals surface area (Å²) in [6, 6.07) is 0. The van der Waals surface area contributed by atoms with Crippen LogP contribution in [0.4, 0.5) is 0 Å². The summed E-state index contributed by atoms with van der Waals surface area (Å²) in [6.07, 6.45) is 7.19. The van der Waals surface area contributed by atoms with Gasteiger partial charge >= 0.3 is 0 Å². The monoisotopic (exact) mass is 235 g/mol. The summed E-state index contributed by atoms with van der Waals surface area (Å²) < 4.78 is 0. The molecule has 0 aliphatic heterocycles. The first-order chi connectivity index (χ1) is 7.85. The van der Waals surface area contributed by atoms with Crippen molar-refractivity contribution in [3.05, 3.63) is 7.05 Å². The minimum atomic E-state index is 0.407. The third-order valence-electron chi connectivity index (χ3n) is 6.92. The second-order valence-corrected chi connectivity index (χ2v) is 8.19. The highest BCUT2D eigenvalue weighted by atomic mass is 15.0. The van der Waals surface area contributed by atoms with Gasteiger partial charge in [0.2, 0.25) is 0 Å². The molecule has 0 unspecified atom stereocenters. The van der Waals surface area contributed by atoms with Crippen molar-refractivity contribution in [1.29, 1.82) is 0 Å². The van der Waals surface area contributed by atoms with Crippen molar-refractivity contribution < 1.29 is 5.32 Å². The average Bonchev–Trinajstić information content (AvgIpc) is 2.80. The quantitative estimate of drug-likeness (QED) is 0.673. The molecule has 3 fully saturated rings. The van der Waals surface area contributed by atoms with E-state index in [-0.39, 0.29) is 0 Å². The van der Waals surface area contributed by atoms with E-state index in [1.54, 1.807) is 0 Å². The third kappa shape index (κ3) is 1.41. The lowest BCUT2D eigenvalue weighted by Crippen LogP contribution is -2.94. The predicted octanol–water partition coefficient (Wildman–Crippen LogP) is 2.97. The van der Waals surface area contributed by atoms with Crippen LogP contribution in [0.2, 0.25) is 0 Å². The second-order valence-electron chi connectivity index (χ2n) is 8.19. The molecule has 0 amide bonds. The van der Waals surface area contributed by atoms with Crippen LogP contribution >= 0.6 is 0 Å². The van der Waals surface area contributed by atoms with Crippen molar-refractivity contribution in [2.45, 2.75) is 65.3 Å². The van der Waals surface area contributed by atoms with Gasteiger partial charge in [-0.25, -0.2) is 0 Å². The average molecular weight is 235 g/mol. The molecule has 0 radical (unpaired) electrons. The molecule has 98 valence electrons. The molecule has 0 aromatic carbocycles. The zero-order valence-corrected chi connectivity index (χ0v) is 12.1. The molecule has 0 heterocycles. The van der Waals surface area contributed by atoms with Gasteiger partial charge in [-0.05, 0) is 55.3 Å². The van der Waals surface area contributed by atoms with E-state index in [2.05, 4.69) is 40.1 Å². The molecule has 17 heavy (non-hydrogen) atoms. The van der Waals surface area contributed by atoms with Gasteiger partial charge in [-0.1, -0.05) is 20.8 Å². The summed E-state index contributed by atoms with van der Waals surface area (Å²) in [6.45, 7) is 10.1. The van der Waals surface area contributed by atoms with Gasteiger partial charge in [0.1, 0.15) is 0 Å². The lowest BCUT2D eigenvalue weighted by atomic mass is 9.53. The van der Waals surface area contributed by atoms with Gasteiger partial charge in [-0.3, -0.25) is 0 Å². The van der Waals surface area contributed by atoms with Crippen LogP contribution in [0.15, 0.2) is 0 Å². The molecule has 3 saturated carbocycles. The number of fused-ring (bicyclic) bond motifs is 3.